The lowest BCUT2D eigenvalue weighted by Crippen LogP contribution is -2.42. The number of hydrogen-bond donors (Lipinski definition) is 0. The van der Waals surface area contributed by atoms with Gasteiger partial charge in [0.05, 0.1) is 12.1 Å². The van der Waals surface area contributed by atoms with Gasteiger partial charge in [-0.3, -0.25) is 9.59 Å². The van der Waals surface area contributed by atoms with E-state index in [1.807, 2.05) is 48.5 Å². The molecule has 5 heteroatoms. The van der Waals surface area contributed by atoms with Crippen molar-refractivity contribution in [3.63, 3.8) is 0 Å². The molecule has 1 fully saturated rings. The van der Waals surface area contributed by atoms with Gasteiger partial charge in [0.15, 0.2) is 0 Å². The Morgan fingerprint density at radius 2 is 1.91 bits per heavy atom. The summed E-state index contributed by atoms with van der Waals surface area (Å²) in [6.45, 7) is 0. The SMILES string of the molecule is CN1C(=O)[C@@]2(OC(=O)C[C@H]2c2ccccc2)c2cc(Br)ccc21. The number of rotatable bonds is 1. The van der Waals surface area contributed by atoms with Gasteiger partial charge in [0, 0.05) is 23.0 Å². The molecule has 4 nitrogen and oxygen atoms in total. The van der Waals surface area contributed by atoms with Crippen molar-refractivity contribution in [1.82, 2.24) is 0 Å². The predicted molar refractivity (Wildman–Crippen MR) is 89.1 cm³/mol. The number of ether oxygens (including phenoxy) is 1. The van der Waals surface area contributed by atoms with Gasteiger partial charge in [0.2, 0.25) is 5.60 Å². The average Bonchev–Trinajstić information content (AvgIpc) is 3.01. The van der Waals surface area contributed by atoms with Crippen LogP contribution < -0.4 is 4.90 Å². The minimum Gasteiger partial charge on any atom is -0.443 e. The lowest BCUT2D eigenvalue weighted by atomic mass is 9.78. The Bertz CT molecular complexity index is 820. The molecule has 116 valence electrons. The van der Waals surface area contributed by atoms with Crippen LogP contribution in [-0.2, 0) is 19.9 Å². The van der Waals surface area contributed by atoms with Crippen molar-refractivity contribution in [2.45, 2.75) is 17.9 Å². The van der Waals surface area contributed by atoms with Crippen LogP contribution in [0.1, 0.15) is 23.5 Å². The number of fused-ring (bicyclic) bond motifs is 2. The highest BCUT2D eigenvalue weighted by molar-refractivity contribution is 9.10. The monoisotopic (exact) mass is 371 g/mol. The highest BCUT2D eigenvalue weighted by Gasteiger charge is 2.62. The van der Waals surface area contributed by atoms with Crippen LogP contribution in [0.25, 0.3) is 0 Å². The van der Waals surface area contributed by atoms with Gasteiger partial charge in [-0.1, -0.05) is 46.3 Å². The highest BCUT2D eigenvalue weighted by atomic mass is 79.9. The second-order valence-electron chi connectivity index (χ2n) is 5.90. The number of nitrogens with zero attached hydrogens (tertiary/aromatic N) is 1. The summed E-state index contributed by atoms with van der Waals surface area (Å²) < 4.78 is 6.55. The zero-order chi connectivity index (χ0) is 16.2. The number of halogens is 1. The quantitative estimate of drug-likeness (QED) is 0.722. The molecule has 0 radical (unpaired) electrons. The number of benzene rings is 2. The first kappa shape index (κ1) is 14.5. The van der Waals surface area contributed by atoms with Crippen molar-refractivity contribution in [2.75, 3.05) is 11.9 Å². The van der Waals surface area contributed by atoms with Crippen LogP contribution in [0.15, 0.2) is 53.0 Å². The number of anilines is 1. The van der Waals surface area contributed by atoms with E-state index in [0.717, 1.165) is 21.3 Å². The van der Waals surface area contributed by atoms with Gasteiger partial charge in [-0.05, 0) is 23.8 Å². The first-order valence-electron chi connectivity index (χ1n) is 7.39. The maximum absolute atomic E-state index is 13.1. The summed E-state index contributed by atoms with van der Waals surface area (Å²) in [6, 6.07) is 15.3. The summed E-state index contributed by atoms with van der Waals surface area (Å²) in [6.07, 6.45) is 0.204. The molecule has 2 heterocycles. The van der Waals surface area contributed by atoms with E-state index >= 15 is 0 Å². The Kier molecular flexibility index (Phi) is 3.10. The summed E-state index contributed by atoms with van der Waals surface area (Å²) in [5.41, 5.74) is 1.22. The number of hydrogen-bond acceptors (Lipinski definition) is 3. The first-order valence-corrected chi connectivity index (χ1v) is 8.18. The molecule has 1 saturated heterocycles. The highest BCUT2D eigenvalue weighted by Crippen LogP contribution is 2.55. The molecule has 1 amide bonds. The zero-order valence-corrected chi connectivity index (χ0v) is 14.0. The number of carbonyl (C=O) groups excluding carboxylic acids is 2. The van der Waals surface area contributed by atoms with Crippen molar-refractivity contribution in [2.24, 2.45) is 0 Å². The smallest absolute Gasteiger partial charge is 0.308 e. The lowest BCUT2D eigenvalue weighted by molar-refractivity contribution is -0.157. The third kappa shape index (κ3) is 1.89. The van der Waals surface area contributed by atoms with Crippen LogP contribution in [0.4, 0.5) is 5.69 Å². The Hall–Kier alpha value is -2.14. The van der Waals surface area contributed by atoms with Crippen molar-refractivity contribution in [3.05, 3.63) is 64.1 Å². The molecule has 0 aliphatic carbocycles. The number of likely N-dealkylation sites (N-methyl/N-ethyl adjacent to an activating group) is 1. The van der Waals surface area contributed by atoms with Gasteiger partial charge in [-0.2, -0.15) is 0 Å². The molecular weight excluding hydrogens is 358 g/mol. The molecule has 2 aliphatic heterocycles. The molecule has 2 atom stereocenters. The zero-order valence-electron chi connectivity index (χ0n) is 12.5. The molecule has 0 bridgehead atoms. The molecule has 2 aromatic rings. The number of esters is 1. The molecule has 2 aromatic carbocycles. The van der Waals surface area contributed by atoms with Gasteiger partial charge in [-0.25, -0.2) is 0 Å². The van der Waals surface area contributed by atoms with Gasteiger partial charge in [0.1, 0.15) is 0 Å². The van der Waals surface area contributed by atoms with E-state index in [2.05, 4.69) is 15.9 Å². The average molecular weight is 372 g/mol. The van der Waals surface area contributed by atoms with E-state index in [9.17, 15) is 9.59 Å². The summed E-state index contributed by atoms with van der Waals surface area (Å²) in [4.78, 5) is 26.8. The van der Waals surface area contributed by atoms with Crippen molar-refractivity contribution in [1.29, 1.82) is 0 Å². The van der Waals surface area contributed by atoms with Crippen LogP contribution in [0.2, 0.25) is 0 Å². The van der Waals surface area contributed by atoms with E-state index in [-0.39, 0.29) is 24.2 Å². The van der Waals surface area contributed by atoms with Crippen LogP contribution in [0.3, 0.4) is 0 Å². The molecule has 4 rings (SSSR count). The number of amides is 1. The fraction of sp³-hybridized carbons (Fsp3) is 0.222. The molecule has 23 heavy (non-hydrogen) atoms. The second-order valence-corrected chi connectivity index (χ2v) is 6.82. The van der Waals surface area contributed by atoms with Crippen molar-refractivity contribution < 1.29 is 14.3 Å². The molecule has 0 N–H and O–H groups in total. The summed E-state index contributed by atoms with van der Waals surface area (Å²) in [5.74, 6) is -0.847. The topological polar surface area (TPSA) is 46.6 Å². The Balaban J connectivity index is 1.97. The summed E-state index contributed by atoms with van der Waals surface area (Å²) in [5, 5.41) is 0. The van der Waals surface area contributed by atoms with Crippen LogP contribution in [-0.4, -0.2) is 18.9 Å². The third-order valence-electron chi connectivity index (χ3n) is 4.68. The fourth-order valence-electron chi connectivity index (χ4n) is 3.65. The summed E-state index contributed by atoms with van der Waals surface area (Å²) in [7, 11) is 1.72. The van der Waals surface area contributed by atoms with Crippen LogP contribution in [0, 0.1) is 0 Å². The maximum atomic E-state index is 13.1. The Morgan fingerprint density at radius 1 is 1.17 bits per heavy atom. The molecule has 2 aliphatic rings. The predicted octanol–water partition coefficient (Wildman–Crippen LogP) is 3.35. The second kappa shape index (κ2) is 4.93. The largest absolute Gasteiger partial charge is 0.443 e. The van der Waals surface area contributed by atoms with E-state index in [1.54, 1.807) is 11.9 Å². The first-order chi connectivity index (χ1) is 11.0. The lowest BCUT2D eigenvalue weighted by Gasteiger charge is -2.28. The number of carbonyl (C=O) groups is 2. The van der Waals surface area contributed by atoms with Gasteiger partial charge in [-0.15, -0.1) is 0 Å². The minimum absolute atomic E-state index is 0.190. The van der Waals surface area contributed by atoms with E-state index < -0.39 is 5.60 Å². The van der Waals surface area contributed by atoms with Gasteiger partial charge < -0.3 is 9.64 Å². The molecule has 0 aromatic heterocycles. The van der Waals surface area contributed by atoms with Crippen molar-refractivity contribution >= 4 is 33.5 Å². The standard InChI is InChI=1S/C18H14BrNO3/c1-20-15-8-7-12(19)9-14(15)18(17(20)22)13(10-16(21)23-18)11-5-3-2-4-6-11/h2-9,13H,10H2,1H3/t13-,18-/m0/s1. The minimum atomic E-state index is -1.26. The Morgan fingerprint density at radius 3 is 2.65 bits per heavy atom. The molecule has 0 saturated carbocycles. The third-order valence-corrected chi connectivity index (χ3v) is 5.17. The van der Waals surface area contributed by atoms with E-state index in [4.69, 9.17) is 4.74 Å². The van der Waals surface area contributed by atoms with Crippen molar-refractivity contribution in [3.8, 4) is 0 Å². The van der Waals surface area contributed by atoms with Gasteiger partial charge in [0.25, 0.3) is 5.91 Å². The maximum Gasteiger partial charge on any atom is 0.308 e. The summed E-state index contributed by atoms with van der Waals surface area (Å²) >= 11 is 3.46. The van der Waals surface area contributed by atoms with Gasteiger partial charge >= 0.3 is 5.97 Å². The van der Waals surface area contributed by atoms with Crippen LogP contribution >= 0.6 is 15.9 Å². The molecule has 1 spiro atoms. The van der Waals surface area contributed by atoms with E-state index in [1.165, 1.54) is 0 Å². The fourth-order valence-corrected chi connectivity index (χ4v) is 4.01. The molecular formula is C18H14BrNO3. The normalized spacial score (nSPS) is 25.8. The Labute approximate surface area is 142 Å². The van der Waals surface area contributed by atoms with E-state index in [0.29, 0.717) is 0 Å². The van der Waals surface area contributed by atoms with Crippen LogP contribution in [0.5, 0.6) is 0 Å². The molecule has 0 unspecified atom stereocenters.